The normalized spacial score (nSPS) is 10.4. The minimum atomic E-state index is -3.67. The van der Waals surface area contributed by atoms with E-state index in [1.807, 2.05) is 0 Å². The number of halogens is 3. The molecule has 0 heterocycles. The molecule has 0 aliphatic heterocycles. The van der Waals surface area contributed by atoms with Crippen molar-refractivity contribution in [1.82, 2.24) is 0 Å². The molecule has 0 unspecified atom stereocenters. The maximum atomic E-state index is 10.3. The van der Waals surface area contributed by atoms with Crippen molar-refractivity contribution >= 4 is 10.1 Å². The molecule has 0 rings (SSSR count). The summed E-state index contributed by atoms with van der Waals surface area (Å²) in [5.74, 6) is -0.122. The molecule has 0 spiro atoms. The highest BCUT2D eigenvalue weighted by Crippen LogP contribution is 1.88. The van der Waals surface area contributed by atoms with Gasteiger partial charge in [0, 0.05) is 0 Å². The lowest BCUT2D eigenvalue weighted by molar-refractivity contribution is 0.00819. The van der Waals surface area contributed by atoms with Crippen molar-refractivity contribution in [3.05, 3.63) is 12.7 Å². The van der Waals surface area contributed by atoms with Crippen LogP contribution in [0.4, 0.5) is 13.2 Å². The molecule has 3 nitrogen and oxygen atoms in total. The largest absolute Gasteiger partial charge is 0.379 e. The SMILES string of the molecule is C=CCS(=O)(=O)OC.FC(F)F. The number of hydrogen-bond acceptors (Lipinski definition) is 3. The molecule has 0 amide bonds. The smallest absolute Gasteiger partial charge is 0.273 e. The van der Waals surface area contributed by atoms with Crippen molar-refractivity contribution in [3.8, 4) is 0 Å². The number of hydrogen-bond donors (Lipinski definition) is 0. The van der Waals surface area contributed by atoms with Gasteiger partial charge in [0.25, 0.3) is 10.1 Å². The van der Waals surface area contributed by atoms with Gasteiger partial charge in [0.2, 0.25) is 0 Å². The fraction of sp³-hybridized carbons (Fsp3) is 0.600. The second kappa shape index (κ2) is 7.11. The fourth-order valence-electron chi connectivity index (χ4n) is 0.212. The van der Waals surface area contributed by atoms with Gasteiger partial charge in [0.05, 0.1) is 12.9 Å². The Labute approximate surface area is 69.0 Å². The Morgan fingerprint density at radius 1 is 1.50 bits per heavy atom. The van der Waals surface area contributed by atoms with Gasteiger partial charge < -0.3 is 0 Å². The third-order valence-electron chi connectivity index (χ3n) is 0.576. The molecule has 12 heavy (non-hydrogen) atoms. The van der Waals surface area contributed by atoms with E-state index in [1.165, 1.54) is 6.08 Å². The highest BCUT2D eigenvalue weighted by molar-refractivity contribution is 7.86. The molecule has 0 radical (unpaired) electrons. The van der Waals surface area contributed by atoms with Gasteiger partial charge in [-0.15, -0.1) is 6.58 Å². The quantitative estimate of drug-likeness (QED) is 0.516. The molecule has 0 saturated heterocycles. The van der Waals surface area contributed by atoms with Crippen LogP contribution in [0.15, 0.2) is 12.7 Å². The van der Waals surface area contributed by atoms with Gasteiger partial charge in [-0.3, -0.25) is 4.18 Å². The Balaban J connectivity index is 0. The molecule has 0 aromatic carbocycles. The van der Waals surface area contributed by atoms with Crippen molar-refractivity contribution in [2.45, 2.75) is 6.68 Å². The van der Waals surface area contributed by atoms with Crippen LogP contribution in [0.5, 0.6) is 0 Å². The van der Waals surface area contributed by atoms with E-state index < -0.39 is 16.8 Å². The maximum absolute atomic E-state index is 10.3. The monoisotopic (exact) mass is 206 g/mol. The number of alkyl halides is 3. The first kappa shape index (κ1) is 14.0. The van der Waals surface area contributed by atoms with E-state index in [0.29, 0.717) is 0 Å². The Kier molecular flexibility index (Phi) is 8.29. The summed E-state index contributed by atoms with van der Waals surface area (Å²) in [5, 5.41) is 0. The van der Waals surface area contributed by atoms with E-state index in [1.54, 1.807) is 0 Å². The van der Waals surface area contributed by atoms with Gasteiger partial charge in [0.15, 0.2) is 0 Å². The summed E-state index contributed by atoms with van der Waals surface area (Å²) in [7, 11) is -2.16. The average Bonchev–Trinajstić information content (AvgIpc) is 1.86. The summed E-state index contributed by atoms with van der Waals surface area (Å²) in [4.78, 5) is 0. The van der Waals surface area contributed by atoms with Crippen LogP contribution in [0.25, 0.3) is 0 Å². The third-order valence-corrected chi connectivity index (χ3v) is 1.73. The van der Waals surface area contributed by atoms with Crippen molar-refractivity contribution in [2.75, 3.05) is 12.9 Å². The zero-order chi connectivity index (χ0) is 10.2. The van der Waals surface area contributed by atoms with Crippen LogP contribution >= 0.6 is 0 Å². The lowest BCUT2D eigenvalue weighted by atomic mass is 10.8. The summed E-state index contributed by atoms with van der Waals surface area (Å²) in [5.41, 5.74) is 0. The molecule has 0 fully saturated rings. The van der Waals surface area contributed by atoms with E-state index >= 15 is 0 Å². The Hall–Kier alpha value is -0.560. The van der Waals surface area contributed by atoms with Crippen molar-refractivity contribution in [1.29, 1.82) is 0 Å². The van der Waals surface area contributed by atoms with E-state index in [9.17, 15) is 21.6 Å². The summed E-state index contributed by atoms with van der Waals surface area (Å²) >= 11 is 0. The van der Waals surface area contributed by atoms with E-state index in [2.05, 4.69) is 10.8 Å². The van der Waals surface area contributed by atoms with E-state index in [-0.39, 0.29) is 5.75 Å². The molecule has 0 bridgehead atoms. The Bertz CT molecular complexity index is 197. The highest BCUT2D eigenvalue weighted by Gasteiger charge is 2.01. The summed E-state index contributed by atoms with van der Waals surface area (Å²) in [6, 6.07) is 0. The predicted octanol–water partition coefficient (Wildman–Crippen LogP) is 1.33. The molecule has 0 aromatic rings. The highest BCUT2D eigenvalue weighted by atomic mass is 32.2. The summed E-state index contributed by atoms with van der Waals surface area (Å²) in [6.07, 6.45) is 1.28. The number of rotatable bonds is 3. The Morgan fingerprint density at radius 3 is 1.92 bits per heavy atom. The van der Waals surface area contributed by atoms with Crippen molar-refractivity contribution in [3.63, 3.8) is 0 Å². The van der Waals surface area contributed by atoms with Gasteiger partial charge in [-0.05, 0) is 0 Å². The first-order chi connectivity index (χ1) is 5.35. The van der Waals surface area contributed by atoms with Crippen LogP contribution in [-0.4, -0.2) is 28.0 Å². The minimum Gasteiger partial charge on any atom is -0.273 e. The molecule has 0 aliphatic rings. The molecule has 0 saturated carbocycles. The third kappa shape index (κ3) is 16.2. The first-order valence-corrected chi connectivity index (χ1v) is 4.25. The van der Waals surface area contributed by atoms with Crippen LogP contribution < -0.4 is 0 Å². The molecular formula is C5H9F3O3S. The molecule has 0 N–H and O–H groups in total. The summed E-state index contributed by atoms with van der Waals surface area (Å²) in [6.45, 7) is -0.432. The van der Waals surface area contributed by atoms with Gasteiger partial charge >= 0.3 is 6.68 Å². The fourth-order valence-corrected chi connectivity index (χ4v) is 0.637. The van der Waals surface area contributed by atoms with E-state index in [0.717, 1.165) is 7.11 Å². The molecule has 0 atom stereocenters. The van der Waals surface area contributed by atoms with Crippen LogP contribution in [0, 0.1) is 0 Å². The lowest BCUT2D eigenvalue weighted by Crippen LogP contribution is -2.04. The van der Waals surface area contributed by atoms with Gasteiger partial charge in [-0.2, -0.15) is 21.6 Å². The average molecular weight is 206 g/mol. The van der Waals surface area contributed by atoms with Crippen LogP contribution in [0.3, 0.4) is 0 Å². The zero-order valence-corrected chi connectivity index (χ0v) is 7.15. The molecular weight excluding hydrogens is 197 g/mol. The minimum absolute atomic E-state index is 0.122. The van der Waals surface area contributed by atoms with Crippen LogP contribution in [-0.2, 0) is 14.3 Å². The molecule has 7 heteroatoms. The second-order valence-corrected chi connectivity index (χ2v) is 3.21. The first-order valence-electron chi connectivity index (χ1n) is 2.67. The zero-order valence-electron chi connectivity index (χ0n) is 6.34. The van der Waals surface area contributed by atoms with Crippen LogP contribution in [0.2, 0.25) is 0 Å². The standard InChI is InChI=1S/C4H8O3S.CHF3/c1-3-4-8(5,6)7-2;2-1(3)4/h3H,1,4H2,2H3;1H. The molecule has 74 valence electrons. The topological polar surface area (TPSA) is 43.4 Å². The van der Waals surface area contributed by atoms with Gasteiger partial charge in [-0.25, -0.2) is 0 Å². The Morgan fingerprint density at radius 2 is 1.83 bits per heavy atom. The molecule has 0 aromatic heterocycles. The summed E-state index contributed by atoms with van der Waals surface area (Å²) < 4.78 is 53.7. The molecule has 0 aliphatic carbocycles. The van der Waals surface area contributed by atoms with Crippen LogP contribution in [0.1, 0.15) is 0 Å². The van der Waals surface area contributed by atoms with Gasteiger partial charge in [-0.1, -0.05) is 6.08 Å². The van der Waals surface area contributed by atoms with Gasteiger partial charge in [0.1, 0.15) is 0 Å². The second-order valence-electron chi connectivity index (χ2n) is 1.43. The maximum Gasteiger partial charge on any atom is 0.379 e. The van der Waals surface area contributed by atoms with Crippen molar-refractivity contribution in [2.24, 2.45) is 0 Å². The van der Waals surface area contributed by atoms with Crippen molar-refractivity contribution < 1.29 is 25.8 Å². The lowest BCUT2D eigenvalue weighted by Gasteiger charge is -1.92. The van der Waals surface area contributed by atoms with E-state index in [4.69, 9.17) is 0 Å². The predicted molar refractivity (Wildman–Crippen MR) is 38.1 cm³/mol.